The zero-order valence-corrected chi connectivity index (χ0v) is 12.4. The predicted molar refractivity (Wildman–Crippen MR) is 75.5 cm³/mol. The molecule has 6 heteroatoms. The summed E-state index contributed by atoms with van der Waals surface area (Å²) in [6.45, 7) is 0.548. The molecule has 0 bridgehead atoms. The number of likely N-dealkylation sites (tertiary alicyclic amines) is 1. The van der Waals surface area contributed by atoms with Gasteiger partial charge in [-0.1, -0.05) is 6.07 Å². The fourth-order valence-corrected chi connectivity index (χ4v) is 2.50. The molecule has 1 amide bonds. The van der Waals surface area contributed by atoms with Gasteiger partial charge in [0.2, 0.25) is 5.91 Å². The second-order valence-electron chi connectivity index (χ2n) is 4.79. The fourth-order valence-electron chi connectivity index (χ4n) is 2.50. The van der Waals surface area contributed by atoms with Crippen LogP contribution in [0.5, 0.6) is 11.5 Å². The van der Waals surface area contributed by atoms with Crippen LogP contribution in [0.25, 0.3) is 0 Å². The van der Waals surface area contributed by atoms with Crippen molar-refractivity contribution in [3.63, 3.8) is 0 Å². The van der Waals surface area contributed by atoms with Gasteiger partial charge in [-0.15, -0.1) is 0 Å². The molecular formula is C15H19NO5. The first-order valence-corrected chi connectivity index (χ1v) is 6.68. The first-order chi connectivity index (χ1) is 10.1. The summed E-state index contributed by atoms with van der Waals surface area (Å²) >= 11 is 0. The number of carbonyl (C=O) groups excluding carboxylic acids is 2. The average molecular weight is 293 g/mol. The highest BCUT2D eigenvalue weighted by atomic mass is 16.5. The second kappa shape index (κ2) is 6.47. The number of methoxy groups -OCH3 is 3. The van der Waals surface area contributed by atoms with Gasteiger partial charge in [-0.25, -0.2) is 0 Å². The molecule has 6 nitrogen and oxygen atoms in total. The lowest BCUT2D eigenvalue weighted by Gasteiger charge is -2.16. The molecule has 2 rings (SSSR count). The number of hydrogen-bond acceptors (Lipinski definition) is 5. The van der Waals surface area contributed by atoms with Crippen LogP contribution in [-0.2, 0) is 14.3 Å². The van der Waals surface area contributed by atoms with Gasteiger partial charge >= 0.3 is 5.97 Å². The summed E-state index contributed by atoms with van der Waals surface area (Å²) in [6.07, 6.45) is 0.672. The number of ether oxygens (including phenoxy) is 3. The molecule has 0 radical (unpaired) electrons. The van der Waals surface area contributed by atoms with Crippen LogP contribution >= 0.6 is 0 Å². The Morgan fingerprint density at radius 1 is 1.24 bits per heavy atom. The van der Waals surface area contributed by atoms with Crippen LogP contribution in [0.3, 0.4) is 0 Å². The topological polar surface area (TPSA) is 65.1 Å². The molecule has 1 fully saturated rings. The van der Waals surface area contributed by atoms with Crippen LogP contribution < -0.4 is 9.47 Å². The van der Waals surface area contributed by atoms with Crippen molar-refractivity contribution in [3.8, 4) is 11.5 Å². The Labute approximate surface area is 123 Å². The third-order valence-corrected chi connectivity index (χ3v) is 3.66. The summed E-state index contributed by atoms with van der Waals surface area (Å²) in [6, 6.07) is 5.44. The van der Waals surface area contributed by atoms with E-state index in [1.807, 2.05) is 12.1 Å². The Hall–Kier alpha value is -2.24. The predicted octanol–water partition coefficient (Wildman–Crippen LogP) is 1.19. The van der Waals surface area contributed by atoms with Crippen molar-refractivity contribution in [2.24, 2.45) is 0 Å². The number of hydrogen-bond donors (Lipinski definition) is 0. The molecule has 1 unspecified atom stereocenters. The van der Waals surface area contributed by atoms with Gasteiger partial charge < -0.3 is 19.1 Å². The van der Waals surface area contributed by atoms with Crippen LogP contribution in [0.2, 0.25) is 0 Å². The third-order valence-electron chi connectivity index (χ3n) is 3.66. The number of carbonyl (C=O) groups is 2. The summed E-state index contributed by atoms with van der Waals surface area (Å²) in [5.41, 5.74) is 0.866. The quantitative estimate of drug-likeness (QED) is 0.763. The van der Waals surface area contributed by atoms with E-state index < -0.39 is 5.97 Å². The minimum absolute atomic E-state index is 0.000870. The molecule has 1 saturated heterocycles. The van der Waals surface area contributed by atoms with Crippen molar-refractivity contribution < 1.29 is 23.8 Å². The van der Waals surface area contributed by atoms with Crippen LogP contribution in [0.4, 0.5) is 0 Å². The average Bonchev–Trinajstić information content (AvgIpc) is 2.87. The number of esters is 1. The minimum atomic E-state index is -0.406. The number of rotatable bonds is 5. The molecule has 1 heterocycles. The van der Waals surface area contributed by atoms with Gasteiger partial charge in [0.05, 0.1) is 27.2 Å². The van der Waals surface area contributed by atoms with E-state index in [2.05, 4.69) is 4.74 Å². The van der Waals surface area contributed by atoms with E-state index >= 15 is 0 Å². The molecule has 0 N–H and O–H groups in total. The Morgan fingerprint density at radius 2 is 1.95 bits per heavy atom. The van der Waals surface area contributed by atoms with Crippen LogP contribution in [-0.4, -0.2) is 51.2 Å². The Morgan fingerprint density at radius 3 is 2.57 bits per heavy atom. The standard InChI is InChI=1S/C15H19NO5/c1-19-12-5-4-10(8-13(12)20-2)11-6-7-16(15(11)18)9-14(17)21-3/h4-5,8,11H,6-7,9H2,1-3H3. The molecule has 1 aliphatic heterocycles. The lowest BCUT2D eigenvalue weighted by atomic mass is 9.97. The molecule has 0 aliphatic carbocycles. The van der Waals surface area contributed by atoms with Crippen molar-refractivity contribution in [2.45, 2.75) is 12.3 Å². The highest BCUT2D eigenvalue weighted by Gasteiger charge is 2.34. The number of nitrogens with zero attached hydrogens (tertiary/aromatic N) is 1. The van der Waals surface area contributed by atoms with Gasteiger partial charge in [-0.3, -0.25) is 9.59 Å². The van der Waals surface area contributed by atoms with E-state index in [1.54, 1.807) is 20.3 Å². The van der Waals surface area contributed by atoms with E-state index in [1.165, 1.54) is 12.0 Å². The lowest BCUT2D eigenvalue weighted by molar-refractivity contribution is -0.145. The zero-order chi connectivity index (χ0) is 15.4. The summed E-state index contributed by atoms with van der Waals surface area (Å²) in [7, 11) is 4.44. The Bertz CT molecular complexity index is 543. The highest BCUT2D eigenvalue weighted by Crippen LogP contribution is 2.34. The molecular weight excluding hydrogens is 274 g/mol. The first kappa shape index (κ1) is 15.2. The smallest absolute Gasteiger partial charge is 0.325 e. The SMILES string of the molecule is COC(=O)CN1CCC(c2ccc(OC)c(OC)c2)C1=O. The molecule has 114 valence electrons. The van der Waals surface area contributed by atoms with Crippen LogP contribution in [0.15, 0.2) is 18.2 Å². The normalized spacial score (nSPS) is 17.8. The van der Waals surface area contributed by atoms with Crippen molar-refractivity contribution in [1.82, 2.24) is 4.90 Å². The van der Waals surface area contributed by atoms with Gasteiger partial charge in [-0.2, -0.15) is 0 Å². The van der Waals surface area contributed by atoms with E-state index in [0.29, 0.717) is 24.5 Å². The molecule has 0 spiro atoms. The zero-order valence-electron chi connectivity index (χ0n) is 12.4. The van der Waals surface area contributed by atoms with Crippen LogP contribution in [0.1, 0.15) is 17.9 Å². The van der Waals surface area contributed by atoms with Crippen molar-refractivity contribution in [3.05, 3.63) is 23.8 Å². The second-order valence-corrected chi connectivity index (χ2v) is 4.79. The van der Waals surface area contributed by atoms with Crippen molar-refractivity contribution in [1.29, 1.82) is 0 Å². The van der Waals surface area contributed by atoms with Crippen molar-refractivity contribution >= 4 is 11.9 Å². The molecule has 0 saturated carbocycles. The molecule has 1 aromatic carbocycles. The highest BCUT2D eigenvalue weighted by molar-refractivity contribution is 5.89. The summed E-state index contributed by atoms with van der Waals surface area (Å²) < 4.78 is 15.0. The molecule has 21 heavy (non-hydrogen) atoms. The largest absolute Gasteiger partial charge is 0.493 e. The summed E-state index contributed by atoms with van der Waals surface area (Å²) in [5, 5.41) is 0. The van der Waals surface area contributed by atoms with E-state index in [4.69, 9.17) is 9.47 Å². The fraction of sp³-hybridized carbons (Fsp3) is 0.467. The number of amides is 1. The lowest BCUT2D eigenvalue weighted by Crippen LogP contribution is -2.32. The maximum atomic E-state index is 12.4. The first-order valence-electron chi connectivity index (χ1n) is 6.68. The van der Waals surface area contributed by atoms with Gasteiger partial charge in [-0.05, 0) is 24.1 Å². The maximum Gasteiger partial charge on any atom is 0.325 e. The van der Waals surface area contributed by atoms with Crippen LogP contribution in [0, 0.1) is 0 Å². The Kier molecular flexibility index (Phi) is 4.67. The monoisotopic (exact) mass is 293 g/mol. The maximum absolute atomic E-state index is 12.4. The van der Waals surface area contributed by atoms with Crippen molar-refractivity contribution in [2.75, 3.05) is 34.4 Å². The molecule has 1 aromatic rings. The summed E-state index contributed by atoms with van der Waals surface area (Å²) in [5.74, 6) is 0.491. The van der Waals surface area contributed by atoms with Gasteiger partial charge in [0.15, 0.2) is 11.5 Å². The Balaban J connectivity index is 2.16. The molecule has 1 atom stereocenters. The minimum Gasteiger partial charge on any atom is -0.493 e. The van der Waals surface area contributed by atoms with E-state index in [-0.39, 0.29) is 18.4 Å². The van der Waals surface area contributed by atoms with E-state index in [0.717, 1.165) is 5.56 Å². The molecule has 1 aliphatic rings. The number of benzene rings is 1. The van der Waals surface area contributed by atoms with Gasteiger partial charge in [0, 0.05) is 6.54 Å². The molecule has 0 aromatic heterocycles. The third kappa shape index (κ3) is 3.09. The van der Waals surface area contributed by atoms with Gasteiger partial charge in [0.1, 0.15) is 6.54 Å². The summed E-state index contributed by atoms with van der Waals surface area (Å²) in [4.78, 5) is 25.2. The van der Waals surface area contributed by atoms with E-state index in [9.17, 15) is 9.59 Å². The van der Waals surface area contributed by atoms with Gasteiger partial charge in [0.25, 0.3) is 0 Å².